The molecule has 0 saturated heterocycles. The Balaban J connectivity index is 1.60. The summed E-state index contributed by atoms with van der Waals surface area (Å²) in [6.45, 7) is 1.54. The molecule has 0 aliphatic carbocycles. The summed E-state index contributed by atoms with van der Waals surface area (Å²) in [5.41, 5.74) is 3.05. The molecule has 5 heteroatoms. The summed E-state index contributed by atoms with van der Waals surface area (Å²) in [5.74, 6) is 1.78. The highest BCUT2D eigenvalue weighted by Crippen LogP contribution is 2.15. The molecule has 0 fully saturated rings. The van der Waals surface area contributed by atoms with E-state index in [0.717, 1.165) is 35.7 Å². The first kappa shape index (κ1) is 17.3. The Kier molecular flexibility index (Phi) is 7.44. The lowest BCUT2D eigenvalue weighted by atomic mass is 10.1. The van der Waals surface area contributed by atoms with Gasteiger partial charge >= 0.3 is 0 Å². The summed E-state index contributed by atoms with van der Waals surface area (Å²) in [6, 6.07) is 20.1. The summed E-state index contributed by atoms with van der Waals surface area (Å²) in [6.07, 6.45) is 0. The van der Waals surface area contributed by atoms with Gasteiger partial charge in [-0.2, -0.15) is 17.0 Å². The van der Waals surface area contributed by atoms with Gasteiger partial charge in [-0.15, -0.1) is 0 Å². The molecule has 2 N–H and O–H groups in total. The van der Waals surface area contributed by atoms with E-state index in [-0.39, 0.29) is 0 Å². The molecule has 0 atom stereocenters. The molecule has 0 unspecified atom stereocenters. The minimum atomic E-state index is 0.673. The van der Waals surface area contributed by atoms with Crippen molar-refractivity contribution in [2.24, 2.45) is 0 Å². The molecule has 23 heavy (non-hydrogen) atoms. The lowest BCUT2D eigenvalue weighted by Gasteiger charge is -2.10. The Bertz CT molecular complexity index is 665. The quantitative estimate of drug-likeness (QED) is 0.597. The molecule has 0 saturated carbocycles. The van der Waals surface area contributed by atoms with Crippen molar-refractivity contribution in [2.45, 2.75) is 12.3 Å². The lowest BCUT2D eigenvalue weighted by Crippen LogP contribution is -2.36. The highest BCUT2D eigenvalue weighted by molar-refractivity contribution is 7.98. The molecule has 0 radical (unpaired) electrons. The van der Waals surface area contributed by atoms with Crippen molar-refractivity contribution in [1.29, 1.82) is 5.26 Å². The third-order valence-corrected chi connectivity index (χ3v) is 4.52. The molecule has 118 valence electrons. The third-order valence-electron chi connectivity index (χ3n) is 3.22. The van der Waals surface area contributed by atoms with Gasteiger partial charge in [0, 0.05) is 24.6 Å². The van der Waals surface area contributed by atoms with Crippen molar-refractivity contribution in [1.82, 2.24) is 10.6 Å². The summed E-state index contributed by atoms with van der Waals surface area (Å²) in [5, 5.41) is 16.1. The standard InChI is InChI=1S/C18H19N3S2/c19-12-16-8-4-5-9-17(16)14-23-11-10-20-18(22)21-13-15-6-2-1-3-7-15/h1-9H,10-11,13-14H2,(H2,20,21,22). The smallest absolute Gasteiger partial charge is 0.166 e. The van der Waals surface area contributed by atoms with E-state index in [0.29, 0.717) is 5.11 Å². The second kappa shape index (κ2) is 9.88. The number of nitrogens with one attached hydrogen (secondary N) is 2. The second-order valence-corrected chi connectivity index (χ2v) is 6.43. The van der Waals surface area contributed by atoms with Crippen LogP contribution < -0.4 is 10.6 Å². The predicted molar refractivity (Wildman–Crippen MR) is 101 cm³/mol. The van der Waals surface area contributed by atoms with Gasteiger partial charge in [0.1, 0.15) is 0 Å². The third kappa shape index (κ3) is 6.31. The molecule has 0 aliphatic rings. The SMILES string of the molecule is N#Cc1ccccc1CSCCNC(=S)NCc1ccccc1. The van der Waals surface area contributed by atoms with Crippen LogP contribution in [0, 0.1) is 11.3 Å². The lowest BCUT2D eigenvalue weighted by molar-refractivity contribution is 0.858. The first-order chi connectivity index (χ1) is 11.3. The predicted octanol–water partition coefficient (Wildman–Crippen LogP) is 3.46. The molecule has 0 bridgehead atoms. The molecule has 0 heterocycles. The van der Waals surface area contributed by atoms with E-state index >= 15 is 0 Å². The topological polar surface area (TPSA) is 47.9 Å². The van der Waals surface area contributed by atoms with E-state index in [1.165, 1.54) is 5.56 Å². The Morgan fingerprint density at radius 1 is 1.04 bits per heavy atom. The van der Waals surface area contributed by atoms with E-state index in [4.69, 9.17) is 17.5 Å². The Labute approximate surface area is 147 Å². The van der Waals surface area contributed by atoms with Gasteiger partial charge in [0.05, 0.1) is 11.6 Å². The molecule has 2 rings (SSSR count). The molecule has 0 spiro atoms. The molecule has 3 nitrogen and oxygen atoms in total. The highest BCUT2D eigenvalue weighted by Gasteiger charge is 2.01. The van der Waals surface area contributed by atoms with Crippen molar-refractivity contribution >= 4 is 29.1 Å². The van der Waals surface area contributed by atoms with Gasteiger partial charge in [-0.3, -0.25) is 0 Å². The fourth-order valence-electron chi connectivity index (χ4n) is 2.01. The number of nitriles is 1. The zero-order valence-corrected chi connectivity index (χ0v) is 14.4. The van der Waals surface area contributed by atoms with E-state index in [2.05, 4.69) is 28.8 Å². The highest BCUT2D eigenvalue weighted by atomic mass is 32.2. The van der Waals surface area contributed by atoms with Crippen LogP contribution in [0.25, 0.3) is 0 Å². The van der Waals surface area contributed by atoms with Gasteiger partial charge in [0.2, 0.25) is 0 Å². The van der Waals surface area contributed by atoms with Crippen molar-refractivity contribution in [2.75, 3.05) is 12.3 Å². The van der Waals surface area contributed by atoms with Crippen molar-refractivity contribution in [3.8, 4) is 6.07 Å². The number of thioether (sulfide) groups is 1. The van der Waals surface area contributed by atoms with Crippen LogP contribution in [0.5, 0.6) is 0 Å². The van der Waals surface area contributed by atoms with Crippen LogP contribution in [0.2, 0.25) is 0 Å². The van der Waals surface area contributed by atoms with Crippen LogP contribution >= 0.6 is 24.0 Å². The van der Waals surface area contributed by atoms with E-state index in [9.17, 15) is 0 Å². The van der Waals surface area contributed by atoms with Crippen LogP contribution in [0.3, 0.4) is 0 Å². The van der Waals surface area contributed by atoms with Crippen LogP contribution in [0.15, 0.2) is 54.6 Å². The summed E-state index contributed by atoms with van der Waals surface area (Å²) in [7, 11) is 0. The minimum absolute atomic E-state index is 0.673. The van der Waals surface area contributed by atoms with Gasteiger partial charge in [0.15, 0.2) is 5.11 Å². The van der Waals surface area contributed by atoms with Crippen LogP contribution in [-0.2, 0) is 12.3 Å². The van der Waals surface area contributed by atoms with Crippen LogP contribution in [0.1, 0.15) is 16.7 Å². The van der Waals surface area contributed by atoms with Gasteiger partial charge in [-0.1, -0.05) is 48.5 Å². The molecule has 0 aromatic heterocycles. The van der Waals surface area contributed by atoms with E-state index in [1.807, 2.05) is 42.5 Å². The summed E-state index contributed by atoms with van der Waals surface area (Å²) >= 11 is 7.05. The first-order valence-electron chi connectivity index (χ1n) is 7.41. The van der Waals surface area contributed by atoms with Crippen molar-refractivity contribution < 1.29 is 0 Å². The Hall–Kier alpha value is -2.03. The number of rotatable bonds is 7. The summed E-state index contributed by atoms with van der Waals surface area (Å²) in [4.78, 5) is 0. The average molecular weight is 342 g/mol. The molecule has 2 aromatic rings. The second-order valence-electron chi connectivity index (χ2n) is 4.92. The van der Waals surface area contributed by atoms with Crippen LogP contribution in [0.4, 0.5) is 0 Å². The van der Waals surface area contributed by atoms with E-state index < -0.39 is 0 Å². The summed E-state index contributed by atoms with van der Waals surface area (Å²) < 4.78 is 0. The molecular formula is C18H19N3S2. The normalized spacial score (nSPS) is 9.87. The van der Waals surface area contributed by atoms with E-state index in [1.54, 1.807) is 11.8 Å². The van der Waals surface area contributed by atoms with Crippen LogP contribution in [-0.4, -0.2) is 17.4 Å². The van der Waals surface area contributed by atoms with Gasteiger partial charge in [0.25, 0.3) is 0 Å². The van der Waals surface area contributed by atoms with Crippen molar-refractivity contribution in [3.63, 3.8) is 0 Å². The fraction of sp³-hybridized carbons (Fsp3) is 0.222. The largest absolute Gasteiger partial charge is 0.362 e. The maximum absolute atomic E-state index is 9.05. The average Bonchev–Trinajstić information content (AvgIpc) is 2.61. The number of benzene rings is 2. The molecule has 0 amide bonds. The maximum Gasteiger partial charge on any atom is 0.166 e. The molecular weight excluding hydrogens is 322 g/mol. The van der Waals surface area contributed by atoms with Crippen molar-refractivity contribution in [3.05, 3.63) is 71.3 Å². The molecule has 2 aromatic carbocycles. The fourth-order valence-corrected chi connectivity index (χ4v) is 3.05. The minimum Gasteiger partial charge on any atom is -0.362 e. The number of nitrogens with zero attached hydrogens (tertiary/aromatic N) is 1. The van der Waals surface area contributed by atoms with Gasteiger partial charge < -0.3 is 10.6 Å². The van der Waals surface area contributed by atoms with Gasteiger partial charge in [-0.05, 0) is 29.4 Å². The number of hydrogen-bond acceptors (Lipinski definition) is 3. The number of hydrogen-bond donors (Lipinski definition) is 2. The molecule has 0 aliphatic heterocycles. The Morgan fingerprint density at radius 2 is 1.78 bits per heavy atom. The Morgan fingerprint density at radius 3 is 2.57 bits per heavy atom. The van der Waals surface area contributed by atoms with Gasteiger partial charge in [-0.25, -0.2) is 0 Å². The zero-order chi connectivity index (χ0) is 16.3. The zero-order valence-electron chi connectivity index (χ0n) is 12.8. The first-order valence-corrected chi connectivity index (χ1v) is 8.97. The number of thiocarbonyl (C=S) groups is 1. The monoisotopic (exact) mass is 341 g/mol. The maximum atomic E-state index is 9.05.